The van der Waals surface area contributed by atoms with Gasteiger partial charge in [-0.15, -0.1) is 0 Å². The van der Waals surface area contributed by atoms with Crippen molar-refractivity contribution in [1.82, 2.24) is 5.32 Å². The third-order valence-electron chi connectivity index (χ3n) is 6.01. The van der Waals surface area contributed by atoms with Gasteiger partial charge in [0.25, 0.3) is 0 Å². The fourth-order valence-corrected chi connectivity index (χ4v) is 4.03. The molecule has 0 unspecified atom stereocenters. The lowest BCUT2D eigenvalue weighted by molar-refractivity contribution is 0.518. The molecule has 0 aromatic carbocycles. The summed E-state index contributed by atoms with van der Waals surface area (Å²) < 4.78 is 0. The molecule has 170 valence electrons. The summed E-state index contributed by atoms with van der Waals surface area (Å²) >= 11 is 0. The van der Waals surface area contributed by atoms with Gasteiger partial charge in [-0.2, -0.15) is 0 Å². The Morgan fingerprint density at radius 2 is 0.679 bits per heavy atom. The summed E-state index contributed by atoms with van der Waals surface area (Å²) in [5.74, 6) is 0. The highest BCUT2D eigenvalue weighted by atomic mass is 14.8. The van der Waals surface area contributed by atoms with E-state index < -0.39 is 0 Å². The van der Waals surface area contributed by atoms with Crippen LogP contribution in [-0.4, -0.2) is 19.6 Å². The van der Waals surface area contributed by atoms with Crippen LogP contribution in [0.2, 0.25) is 0 Å². The second-order valence-electron chi connectivity index (χ2n) is 8.96. The Balaban J connectivity index is 2.96. The highest BCUT2D eigenvalue weighted by Gasteiger charge is 1.95. The van der Waals surface area contributed by atoms with E-state index in [0.717, 1.165) is 19.5 Å². The van der Waals surface area contributed by atoms with Crippen LogP contribution >= 0.6 is 0 Å². The summed E-state index contributed by atoms with van der Waals surface area (Å²) in [6.45, 7) is 5.38. The molecule has 0 aliphatic carbocycles. The third-order valence-corrected chi connectivity index (χ3v) is 6.01. The van der Waals surface area contributed by atoms with Gasteiger partial charge in [-0.05, 0) is 32.5 Å². The predicted octanol–water partition coefficient (Wildman–Crippen LogP) is 8.14. The Bertz CT molecular complexity index is 229. The van der Waals surface area contributed by atoms with Gasteiger partial charge in [0, 0.05) is 0 Å². The van der Waals surface area contributed by atoms with Crippen molar-refractivity contribution in [2.45, 2.75) is 148 Å². The molecule has 0 fully saturated rings. The molecule has 2 nitrogen and oxygen atoms in total. The van der Waals surface area contributed by atoms with E-state index in [1.807, 2.05) is 0 Å². The van der Waals surface area contributed by atoms with Crippen LogP contribution < -0.4 is 11.1 Å². The average Bonchev–Trinajstić information content (AvgIpc) is 2.71. The van der Waals surface area contributed by atoms with Gasteiger partial charge in [0.1, 0.15) is 0 Å². The van der Waals surface area contributed by atoms with Gasteiger partial charge in [-0.25, -0.2) is 0 Å². The largest absolute Gasteiger partial charge is 0.330 e. The SMILES string of the molecule is CCCCCCCCCCCCCCCCCCCCCCCNCCCN. The van der Waals surface area contributed by atoms with Crippen LogP contribution in [0.4, 0.5) is 0 Å². The normalized spacial score (nSPS) is 11.4. The number of unbranched alkanes of at least 4 members (excludes halogenated alkanes) is 20. The highest BCUT2D eigenvalue weighted by Crippen LogP contribution is 2.14. The maximum Gasteiger partial charge on any atom is -0.00369 e. The van der Waals surface area contributed by atoms with E-state index in [1.165, 1.54) is 141 Å². The Morgan fingerprint density at radius 1 is 0.393 bits per heavy atom. The van der Waals surface area contributed by atoms with Crippen molar-refractivity contribution >= 4 is 0 Å². The van der Waals surface area contributed by atoms with Crippen molar-refractivity contribution in [3.63, 3.8) is 0 Å². The Labute approximate surface area is 179 Å². The van der Waals surface area contributed by atoms with Crippen molar-refractivity contribution < 1.29 is 0 Å². The molecule has 0 spiro atoms. The van der Waals surface area contributed by atoms with Gasteiger partial charge in [0.05, 0.1) is 0 Å². The van der Waals surface area contributed by atoms with Gasteiger partial charge < -0.3 is 11.1 Å². The first-order valence-electron chi connectivity index (χ1n) is 13.3. The lowest BCUT2D eigenvalue weighted by Crippen LogP contribution is -2.19. The molecule has 0 saturated heterocycles. The zero-order chi connectivity index (χ0) is 20.4. The predicted molar refractivity (Wildman–Crippen MR) is 129 cm³/mol. The van der Waals surface area contributed by atoms with E-state index in [9.17, 15) is 0 Å². The van der Waals surface area contributed by atoms with E-state index >= 15 is 0 Å². The monoisotopic (exact) mass is 396 g/mol. The molecule has 0 amide bonds. The molecule has 0 aromatic rings. The number of rotatable bonds is 25. The molecule has 0 aliphatic heterocycles. The molecule has 0 aromatic heterocycles. The van der Waals surface area contributed by atoms with Crippen molar-refractivity contribution in [3.8, 4) is 0 Å². The van der Waals surface area contributed by atoms with E-state index in [-0.39, 0.29) is 0 Å². The molecule has 0 heterocycles. The Morgan fingerprint density at radius 3 is 1.00 bits per heavy atom. The second kappa shape index (κ2) is 26.9. The Hall–Kier alpha value is -0.0800. The van der Waals surface area contributed by atoms with E-state index in [4.69, 9.17) is 5.73 Å². The van der Waals surface area contributed by atoms with Crippen LogP contribution in [0.25, 0.3) is 0 Å². The lowest BCUT2D eigenvalue weighted by atomic mass is 10.0. The fourth-order valence-electron chi connectivity index (χ4n) is 4.03. The molecule has 0 aliphatic rings. The summed E-state index contributed by atoms with van der Waals surface area (Å²) in [6, 6.07) is 0. The maximum atomic E-state index is 5.48. The summed E-state index contributed by atoms with van der Waals surface area (Å²) in [4.78, 5) is 0. The summed E-state index contributed by atoms with van der Waals surface area (Å²) in [5, 5.41) is 3.47. The number of hydrogen-bond donors (Lipinski definition) is 2. The highest BCUT2D eigenvalue weighted by molar-refractivity contribution is 4.52. The smallest absolute Gasteiger partial charge is 0.00369 e. The van der Waals surface area contributed by atoms with Crippen LogP contribution in [0.5, 0.6) is 0 Å². The summed E-state index contributed by atoms with van der Waals surface area (Å²) in [6.07, 6.45) is 31.7. The zero-order valence-electron chi connectivity index (χ0n) is 19.8. The average molecular weight is 397 g/mol. The lowest BCUT2D eigenvalue weighted by Gasteiger charge is -2.05. The molecule has 2 heteroatoms. The van der Waals surface area contributed by atoms with Crippen LogP contribution in [0.3, 0.4) is 0 Å². The minimum absolute atomic E-state index is 0.812. The standard InChI is InChI=1S/C26H56N2/c1-2-3-4-5-6-7-8-9-10-11-12-13-14-15-16-17-18-19-20-21-22-25-28-26-23-24-27/h28H,2-27H2,1H3. The van der Waals surface area contributed by atoms with E-state index in [0.29, 0.717) is 0 Å². The number of nitrogens with one attached hydrogen (secondary N) is 1. The second-order valence-corrected chi connectivity index (χ2v) is 8.96. The van der Waals surface area contributed by atoms with Crippen LogP contribution in [0.1, 0.15) is 148 Å². The topological polar surface area (TPSA) is 38.0 Å². The van der Waals surface area contributed by atoms with Crippen molar-refractivity contribution in [2.75, 3.05) is 19.6 Å². The maximum absolute atomic E-state index is 5.48. The molecular weight excluding hydrogens is 340 g/mol. The van der Waals surface area contributed by atoms with Crippen LogP contribution in [0.15, 0.2) is 0 Å². The molecule has 0 saturated carbocycles. The number of nitrogens with two attached hydrogens (primary N) is 1. The molecule has 28 heavy (non-hydrogen) atoms. The molecule has 0 radical (unpaired) electrons. The molecule has 3 N–H and O–H groups in total. The summed E-state index contributed by atoms with van der Waals surface area (Å²) in [7, 11) is 0. The van der Waals surface area contributed by atoms with E-state index in [2.05, 4.69) is 12.2 Å². The van der Waals surface area contributed by atoms with E-state index in [1.54, 1.807) is 0 Å². The van der Waals surface area contributed by atoms with Crippen LogP contribution in [0, 0.1) is 0 Å². The summed E-state index contributed by atoms with van der Waals surface area (Å²) in [5.41, 5.74) is 5.48. The van der Waals surface area contributed by atoms with Gasteiger partial charge in [-0.1, -0.05) is 135 Å². The van der Waals surface area contributed by atoms with Gasteiger partial charge in [0.2, 0.25) is 0 Å². The Kier molecular flexibility index (Phi) is 26.8. The molecule has 0 atom stereocenters. The third kappa shape index (κ3) is 25.9. The number of hydrogen-bond acceptors (Lipinski definition) is 2. The quantitative estimate of drug-likeness (QED) is 0.153. The molecule has 0 rings (SSSR count). The molecular formula is C26H56N2. The minimum atomic E-state index is 0.812. The minimum Gasteiger partial charge on any atom is -0.330 e. The van der Waals surface area contributed by atoms with Gasteiger partial charge >= 0.3 is 0 Å². The van der Waals surface area contributed by atoms with Crippen molar-refractivity contribution in [3.05, 3.63) is 0 Å². The van der Waals surface area contributed by atoms with Gasteiger partial charge in [-0.3, -0.25) is 0 Å². The first-order chi connectivity index (χ1) is 13.9. The van der Waals surface area contributed by atoms with Crippen LogP contribution in [-0.2, 0) is 0 Å². The fraction of sp³-hybridized carbons (Fsp3) is 1.00. The first-order valence-corrected chi connectivity index (χ1v) is 13.3. The van der Waals surface area contributed by atoms with Gasteiger partial charge in [0.15, 0.2) is 0 Å². The van der Waals surface area contributed by atoms with Crippen molar-refractivity contribution in [1.29, 1.82) is 0 Å². The first kappa shape index (κ1) is 27.9. The molecule has 0 bridgehead atoms. The van der Waals surface area contributed by atoms with Crippen molar-refractivity contribution in [2.24, 2.45) is 5.73 Å². The zero-order valence-corrected chi connectivity index (χ0v) is 19.8.